The van der Waals surface area contributed by atoms with Gasteiger partial charge in [0.15, 0.2) is 5.82 Å². The number of nitrogens with zero attached hydrogens (tertiary/aromatic N) is 6. The highest BCUT2D eigenvalue weighted by Crippen LogP contribution is 2.22. The Hall–Kier alpha value is -4.11. The minimum absolute atomic E-state index is 0.494. The summed E-state index contributed by atoms with van der Waals surface area (Å²) in [5.74, 6) is 2.30. The zero-order chi connectivity index (χ0) is 22.5. The summed E-state index contributed by atoms with van der Waals surface area (Å²) in [6, 6.07) is 17.6. The summed E-state index contributed by atoms with van der Waals surface area (Å²) >= 11 is 0. The number of benzene rings is 1. The van der Waals surface area contributed by atoms with Gasteiger partial charge >= 0.3 is 0 Å². The third kappa shape index (κ3) is 5.21. The standard InChI is InChI=1S/C24H24N8O/c1-17-3-2-4-20(27-17)23-25-11-9-21(30-23)29-22-10-12-26-24(31-22)28-18-5-7-19(8-6-18)32-13-15-33-16-14-32/h2-12H,13-16H2,1H3,(H2,25,26,28,29,30,31). The fourth-order valence-corrected chi connectivity index (χ4v) is 3.55. The van der Waals surface area contributed by atoms with Crippen LogP contribution < -0.4 is 15.5 Å². The lowest BCUT2D eigenvalue weighted by Crippen LogP contribution is -2.36. The Morgan fingerprint density at radius 1 is 0.788 bits per heavy atom. The maximum atomic E-state index is 5.42. The Morgan fingerprint density at radius 2 is 1.55 bits per heavy atom. The summed E-state index contributed by atoms with van der Waals surface area (Å²) in [6.07, 6.45) is 3.40. The lowest BCUT2D eigenvalue weighted by Gasteiger charge is -2.28. The Labute approximate surface area is 191 Å². The number of pyridine rings is 1. The van der Waals surface area contributed by atoms with Crippen molar-refractivity contribution in [3.8, 4) is 11.5 Å². The number of aryl methyl sites for hydroxylation is 1. The maximum Gasteiger partial charge on any atom is 0.229 e. The van der Waals surface area contributed by atoms with E-state index in [-0.39, 0.29) is 0 Å². The van der Waals surface area contributed by atoms with Crippen LogP contribution in [-0.4, -0.2) is 51.2 Å². The van der Waals surface area contributed by atoms with E-state index in [1.54, 1.807) is 24.5 Å². The molecule has 0 aliphatic carbocycles. The summed E-state index contributed by atoms with van der Waals surface area (Å²) in [6.45, 7) is 5.30. The highest BCUT2D eigenvalue weighted by molar-refractivity contribution is 5.61. The molecule has 2 N–H and O–H groups in total. The highest BCUT2D eigenvalue weighted by Gasteiger charge is 2.11. The summed E-state index contributed by atoms with van der Waals surface area (Å²) in [7, 11) is 0. The van der Waals surface area contributed by atoms with Crippen LogP contribution in [0.15, 0.2) is 67.0 Å². The molecule has 5 rings (SSSR count). The van der Waals surface area contributed by atoms with Crippen molar-refractivity contribution >= 4 is 29.0 Å². The number of hydrogen-bond donors (Lipinski definition) is 2. The first kappa shape index (κ1) is 20.8. The molecular formula is C24H24N8O. The smallest absolute Gasteiger partial charge is 0.229 e. The predicted molar refractivity (Wildman–Crippen MR) is 128 cm³/mol. The summed E-state index contributed by atoms with van der Waals surface area (Å²) in [5, 5.41) is 6.47. The third-order valence-corrected chi connectivity index (χ3v) is 5.18. The molecule has 1 aliphatic rings. The van der Waals surface area contributed by atoms with Crippen molar-refractivity contribution in [2.24, 2.45) is 0 Å². The van der Waals surface area contributed by atoms with Gasteiger partial charge in [-0.2, -0.15) is 4.98 Å². The quantitative estimate of drug-likeness (QED) is 0.461. The van der Waals surface area contributed by atoms with Crippen molar-refractivity contribution in [3.63, 3.8) is 0 Å². The molecule has 4 heterocycles. The predicted octanol–water partition coefficient (Wildman–Crippen LogP) is 3.96. The van der Waals surface area contributed by atoms with Crippen molar-refractivity contribution in [3.05, 3.63) is 72.7 Å². The van der Waals surface area contributed by atoms with Gasteiger partial charge in [0.1, 0.15) is 17.3 Å². The van der Waals surface area contributed by atoms with Gasteiger partial charge in [0.25, 0.3) is 0 Å². The fraction of sp³-hybridized carbons (Fsp3) is 0.208. The maximum absolute atomic E-state index is 5.42. The summed E-state index contributed by atoms with van der Waals surface area (Å²) in [4.78, 5) is 24.6. The van der Waals surface area contributed by atoms with Crippen LogP contribution in [0.3, 0.4) is 0 Å². The second-order valence-corrected chi connectivity index (χ2v) is 7.59. The minimum Gasteiger partial charge on any atom is -0.378 e. The van der Waals surface area contributed by atoms with Gasteiger partial charge in [-0.25, -0.2) is 19.9 Å². The molecular weight excluding hydrogens is 416 g/mol. The Balaban J connectivity index is 1.27. The molecule has 0 spiro atoms. The van der Waals surface area contributed by atoms with Crippen LogP contribution in [0.5, 0.6) is 0 Å². The number of rotatable bonds is 6. The third-order valence-electron chi connectivity index (χ3n) is 5.18. The molecule has 0 amide bonds. The van der Waals surface area contributed by atoms with Crippen molar-refractivity contribution in [2.75, 3.05) is 41.8 Å². The van der Waals surface area contributed by atoms with Crippen LogP contribution in [0.25, 0.3) is 11.5 Å². The average molecular weight is 441 g/mol. The van der Waals surface area contributed by atoms with Gasteiger partial charge in [-0.3, -0.25) is 0 Å². The number of anilines is 5. The fourth-order valence-electron chi connectivity index (χ4n) is 3.55. The van der Waals surface area contributed by atoms with Crippen molar-refractivity contribution < 1.29 is 4.74 Å². The van der Waals surface area contributed by atoms with Gasteiger partial charge < -0.3 is 20.3 Å². The first-order chi connectivity index (χ1) is 16.2. The number of morpholine rings is 1. The largest absolute Gasteiger partial charge is 0.378 e. The van der Waals surface area contributed by atoms with Crippen LogP contribution in [-0.2, 0) is 4.74 Å². The zero-order valence-corrected chi connectivity index (χ0v) is 18.3. The molecule has 1 saturated heterocycles. The molecule has 0 radical (unpaired) electrons. The van der Waals surface area contributed by atoms with Crippen molar-refractivity contribution in [1.82, 2.24) is 24.9 Å². The summed E-state index contributed by atoms with van der Waals surface area (Å²) < 4.78 is 5.42. The molecule has 33 heavy (non-hydrogen) atoms. The van der Waals surface area contributed by atoms with E-state index < -0.39 is 0 Å². The van der Waals surface area contributed by atoms with Crippen LogP contribution in [0.2, 0.25) is 0 Å². The Bertz CT molecular complexity index is 1230. The topological polar surface area (TPSA) is 101 Å². The van der Waals surface area contributed by atoms with E-state index in [4.69, 9.17) is 4.74 Å². The molecule has 1 aliphatic heterocycles. The van der Waals surface area contributed by atoms with Gasteiger partial charge in [0, 0.05) is 42.6 Å². The van der Waals surface area contributed by atoms with Crippen LogP contribution >= 0.6 is 0 Å². The van der Waals surface area contributed by atoms with Gasteiger partial charge in [-0.15, -0.1) is 0 Å². The molecule has 4 aromatic rings. The van der Waals surface area contributed by atoms with E-state index in [1.165, 1.54) is 5.69 Å². The van der Waals surface area contributed by atoms with Gasteiger partial charge in [-0.1, -0.05) is 6.07 Å². The van der Waals surface area contributed by atoms with E-state index in [0.717, 1.165) is 43.4 Å². The normalized spacial score (nSPS) is 13.5. The molecule has 9 nitrogen and oxygen atoms in total. The number of nitrogens with one attached hydrogen (secondary N) is 2. The molecule has 0 atom stereocenters. The van der Waals surface area contributed by atoms with E-state index in [2.05, 4.69) is 52.6 Å². The van der Waals surface area contributed by atoms with E-state index >= 15 is 0 Å². The van der Waals surface area contributed by atoms with Crippen LogP contribution in [0, 0.1) is 6.92 Å². The molecule has 0 saturated carbocycles. The zero-order valence-electron chi connectivity index (χ0n) is 18.3. The lowest BCUT2D eigenvalue weighted by molar-refractivity contribution is 0.122. The molecule has 9 heteroatoms. The van der Waals surface area contributed by atoms with Gasteiger partial charge in [0.05, 0.1) is 13.2 Å². The minimum atomic E-state index is 0.494. The first-order valence-electron chi connectivity index (χ1n) is 10.8. The number of aromatic nitrogens is 5. The molecule has 0 bridgehead atoms. The molecule has 166 valence electrons. The van der Waals surface area contributed by atoms with Gasteiger partial charge in [-0.05, 0) is 55.5 Å². The molecule has 1 aromatic carbocycles. The molecule has 0 unspecified atom stereocenters. The number of ether oxygens (including phenoxy) is 1. The lowest BCUT2D eigenvalue weighted by atomic mass is 10.2. The Morgan fingerprint density at radius 3 is 2.33 bits per heavy atom. The SMILES string of the molecule is Cc1cccc(-c2nccc(Nc3ccnc(Nc4ccc(N5CCOCC5)cc4)n3)n2)n1. The number of hydrogen-bond acceptors (Lipinski definition) is 9. The average Bonchev–Trinajstić information content (AvgIpc) is 2.85. The van der Waals surface area contributed by atoms with E-state index in [9.17, 15) is 0 Å². The first-order valence-corrected chi connectivity index (χ1v) is 10.8. The van der Waals surface area contributed by atoms with E-state index in [1.807, 2.05) is 37.3 Å². The molecule has 3 aromatic heterocycles. The second kappa shape index (κ2) is 9.58. The van der Waals surface area contributed by atoms with Crippen LogP contribution in [0.1, 0.15) is 5.69 Å². The highest BCUT2D eigenvalue weighted by atomic mass is 16.5. The van der Waals surface area contributed by atoms with Gasteiger partial charge in [0.2, 0.25) is 5.95 Å². The summed E-state index contributed by atoms with van der Waals surface area (Å²) in [5.41, 5.74) is 3.74. The van der Waals surface area contributed by atoms with Crippen LogP contribution in [0.4, 0.5) is 29.0 Å². The molecule has 1 fully saturated rings. The second-order valence-electron chi connectivity index (χ2n) is 7.59. The van der Waals surface area contributed by atoms with Crippen molar-refractivity contribution in [1.29, 1.82) is 0 Å². The van der Waals surface area contributed by atoms with E-state index in [0.29, 0.717) is 23.4 Å². The monoisotopic (exact) mass is 440 g/mol. The Kier molecular flexibility index (Phi) is 6.03. The van der Waals surface area contributed by atoms with Crippen molar-refractivity contribution in [2.45, 2.75) is 6.92 Å².